The Morgan fingerprint density at radius 3 is 2.45 bits per heavy atom. The van der Waals surface area contributed by atoms with Gasteiger partial charge in [0.2, 0.25) is 0 Å². The smallest absolute Gasteiger partial charge is 0.338 e. The number of carbonyl (C=O) groups excluding carboxylic acids is 4. The fraction of sp³-hybridized carbons (Fsp3) is 0.158. The van der Waals surface area contributed by atoms with Gasteiger partial charge in [-0.25, -0.2) is 4.79 Å². The summed E-state index contributed by atoms with van der Waals surface area (Å²) in [7, 11) is 1.36. The van der Waals surface area contributed by atoms with Crippen molar-refractivity contribution in [3.05, 3.63) is 68.8 Å². The van der Waals surface area contributed by atoms with E-state index >= 15 is 0 Å². The van der Waals surface area contributed by atoms with Gasteiger partial charge in [-0.2, -0.15) is 0 Å². The van der Waals surface area contributed by atoms with Crippen molar-refractivity contribution in [2.75, 3.05) is 19.0 Å². The van der Waals surface area contributed by atoms with Crippen LogP contribution in [0.25, 0.3) is 0 Å². The lowest BCUT2D eigenvalue weighted by atomic mass is 10.1. The number of fused-ring (bicyclic) bond motifs is 1. The number of nitro benzene ring substituents is 1. The van der Waals surface area contributed by atoms with Crippen molar-refractivity contribution in [2.45, 2.75) is 6.92 Å². The number of hydrogen-bond donors (Lipinski definition) is 1. The molecule has 10 heteroatoms. The molecule has 3 amide bonds. The molecule has 0 aliphatic carbocycles. The predicted octanol–water partition coefficient (Wildman–Crippen LogP) is 1.92. The van der Waals surface area contributed by atoms with Gasteiger partial charge in [0.15, 0.2) is 6.61 Å². The quantitative estimate of drug-likeness (QED) is 0.352. The molecule has 148 valence electrons. The molecular weight excluding hydrogens is 382 g/mol. The van der Waals surface area contributed by atoms with Gasteiger partial charge in [0.1, 0.15) is 0 Å². The summed E-state index contributed by atoms with van der Waals surface area (Å²) in [6.07, 6.45) is 0. The number of esters is 1. The minimum Gasteiger partial charge on any atom is -0.452 e. The van der Waals surface area contributed by atoms with Crippen LogP contribution in [0.15, 0.2) is 36.4 Å². The first-order valence-electron chi connectivity index (χ1n) is 8.37. The summed E-state index contributed by atoms with van der Waals surface area (Å²) >= 11 is 0. The minimum absolute atomic E-state index is 0.0746. The number of nitrogens with one attached hydrogen (secondary N) is 1. The predicted molar refractivity (Wildman–Crippen MR) is 99.6 cm³/mol. The molecule has 0 radical (unpaired) electrons. The molecule has 0 saturated carbocycles. The molecule has 0 atom stereocenters. The maximum Gasteiger partial charge on any atom is 0.338 e. The Morgan fingerprint density at radius 2 is 1.79 bits per heavy atom. The summed E-state index contributed by atoms with van der Waals surface area (Å²) in [6.45, 7) is 0.887. The highest BCUT2D eigenvalue weighted by Crippen LogP contribution is 2.24. The highest BCUT2D eigenvalue weighted by atomic mass is 16.6. The van der Waals surface area contributed by atoms with Crippen LogP contribution in [-0.2, 0) is 9.53 Å². The van der Waals surface area contributed by atoms with Gasteiger partial charge >= 0.3 is 5.97 Å². The molecule has 29 heavy (non-hydrogen) atoms. The molecule has 1 aliphatic heterocycles. The van der Waals surface area contributed by atoms with Crippen LogP contribution in [0.3, 0.4) is 0 Å². The second-order valence-electron chi connectivity index (χ2n) is 6.31. The Morgan fingerprint density at radius 1 is 1.10 bits per heavy atom. The second kappa shape index (κ2) is 7.50. The molecule has 3 rings (SSSR count). The fourth-order valence-corrected chi connectivity index (χ4v) is 2.84. The van der Waals surface area contributed by atoms with E-state index < -0.39 is 35.2 Å². The standard InChI is InChI=1S/C19H15N3O7/c1-10-7-11(3-6-15(10)22(27)28)19(26)29-9-16(23)20-12-4-5-13-14(8-12)18(25)21(2)17(13)24/h3-8H,9H2,1-2H3,(H,20,23). The molecule has 1 N–H and O–H groups in total. The van der Waals surface area contributed by atoms with Gasteiger partial charge in [0, 0.05) is 24.4 Å². The van der Waals surface area contributed by atoms with Gasteiger partial charge < -0.3 is 10.1 Å². The Balaban J connectivity index is 1.62. The molecule has 2 aromatic rings. The Kier molecular flexibility index (Phi) is 5.09. The van der Waals surface area contributed by atoms with Crippen LogP contribution >= 0.6 is 0 Å². The number of carbonyl (C=O) groups is 4. The molecule has 2 aromatic carbocycles. The average Bonchev–Trinajstić information content (AvgIpc) is 2.89. The first-order valence-corrected chi connectivity index (χ1v) is 8.37. The summed E-state index contributed by atoms with van der Waals surface area (Å²) < 4.78 is 4.92. The molecule has 0 bridgehead atoms. The zero-order chi connectivity index (χ0) is 21.3. The van der Waals surface area contributed by atoms with Crippen LogP contribution in [0.1, 0.15) is 36.6 Å². The number of ether oxygens (including phenoxy) is 1. The number of hydrogen-bond acceptors (Lipinski definition) is 7. The second-order valence-corrected chi connectivity index (χ2v) is 6.31. The first-order chi connectivity index (χ1) is 13.7. The summed E-state index contributed by atoms with van der Waals surface area (Å²) in [5.41, 5.74) is 0.924. The van der Waals surface area contributed by atoms with Gasteiger partial charge in [-0.1, -0.05) is 0 Å². The van der Waals surface area contributed by atoms with Gasteiger partial charge in [-0.15, -0.1) is 0 Å². The van der Waals surface area contributed by atoms with Gasteiger partial charge in [-0.3, -0.25) is 29.4 Å². The Hall–Kier alpha value is -4.08. The van der Waals surface area contributed by atoms with Gasteiger partial charge in [-0.05, 0) is 37.3 Å². The maximum atomic E-state index is 12.0. The number of nitro groups is 1. The van der Waals surface area contributed by atoms with Crippen LogP contribution in [0.4, 0.5) is 11.4 Å². The van der Waals surface area contributed by atoms with Gasteiger partial charge in [0.05, 0.1) is 21.6 Å². The molecule has 10 nitrogen and oxygen atoms in total. The van der Waals surface area contributed by atoms with Crippen LogP contribution in [0.2, 0.25) is 0 Å². The van der Waals surface area contributed by atoms with E-state index in [9.17, 15) is 29.3 Å². The van der Waals surface area contributed by atoms with Crippen LogP contribution in [0, 0.1) is 17.0 Å². The lowest BCUT2D eigenvalue weighted by Gasteiger charge is -2.08. The Labute approximate surface area is 164 Å². The lowest BCUT2D eigenvalue weighted by Crippen LogP contribution is -2.24. The molecule has 0 spiro atoms. The SMILES string of the molecule is Cc1cc(C(=O)OCC(=O)Nc2ccc3c(c2)C(=O)N(C)C3=O)ccc1[N+](=O)[O-]. The average molecular weight is 397 g/mol. The molecule has 1 heterocycles. The van der Waals surface area contributed by atoms with E-state index in [0.29, 0.717) is 0 Å². The van der Waals surface area contributed by atoms with E-state index in [4.69, 9.17) is 4.74 Å². The van der Waals surface area contributed by atoms with E-state index in [2.05, 4.69) is 5.32 Å². The molecule has 0 aromatic heterocycles. The third kappa shape index (κ3) is 3.81. The third-order valence-corrected chi connectivity index (χ3v) is 4.34. The fourth-order valence-electron chi connectivity index (χ4n) is 2.84. The summed E-state index contributed by atoms with van der Waals surface area (Å²) in [6, 6.07) is 8.00. The van der Waals surface area contributed by atoms with Crippen molar-refractivity contribution in [3.63, 3.8) is 0 Å². The van der Waals surface area contributed by atoms with E-state index in [-0.39, 0.29) is 33.6 Å². The lowest BCUT2D eigenvalue weighted by molar-refractivity contribution is -0.385. The number of rotatable bonds is 5. The number of anilines is 1. The third-order valence-electron chi connectivity index (χ3n) is 4.34. The zero-order valence-electron chi connectivity index (χ0n) is 15.4. The van der Waals surface area contributed by atoms with E-state index in [1.165, 1.54) is 50.4 Å². The number of aryl methyl sites for hydroxylation is 1. The number of benzene rings is 2. The van der Waals surface area contributed by atoms with E-state index in [0.717, 1.165) is 4.90 Å². The number of amides is 3. The van der Waals surface area contributed by atoms with E-state index in [1.807, 2.05) is 0 Å². The summed E-state index contributed by atoms with van der Waals surface area (Å²) in [5.74, 6) is -2.35. The summed E-state index contributed by atoms with van der Waals surface area (Å²) in [5, 5.41) is 13.3. The van der Waals surface area contributed by atoms with Crippen molar-refractivity contribution in [3.8, 4) is 0 Å². The zero-order valence-corrected chi connectivity index (χ0v) is 15.4. The molecule has 0 fully saturated rings. The van der Waals surface area contributed by atoms with Gasteiger partial charge in [0.25, 0.3) is 23.4 Å². The largest absolute Gasteiger partial charge is 0.452 e. The maximum absolute atomic E-state index is 12.0. The normalized spacial score (nSPS) is 12.6. The topological polar surface area (TPSA) is 136 Å². The molecule has 1 aliphatic rings. The molecule has 0 saturated heterocycles. The summed E-state index contributed by atoms with van der Waals surface area (Å²) in [4.78, 5) is 59.1. The van der Waals surface area contributed by atoms with Crippen molar-refractivity contribution < 1.29 is 28.8 Å². The van der Waals surface area contributed by atoms with Crippen molar-refractivity contribution in [2.24, 2.45) is 0 Å². The minimum atomic E-state index is -0.811. The monoisotopic (exact) mass is 397 g/mol. The number of imide groups is 1. The Bertz CT molecular complexity index is 1080. The van der Waals surface area contributed by atoms with Crippen molar-refractivity contribution in [1.82, 2.24) is 4.90 Å². The van der Waals surface area contributed by atoms with Crippen LogP contribution in [-0.4, -0.2) is 47.2 Å². The van der Waals surface area contributed by atoms with Crippen molar-refractivity contribution in [1.29, 1.82) is 0 Å². The van der Waals surface area contributed by atoms with Crippen LogP contribution < -0.4 is 5.32 Å². The first kappa shape index (κ1) is 19.7. The van der Waals surface area contributed by atoms with Crippen LogP contribution in [0.5, 0.6) is 0 Å². The molecular formula is C19H15N3O7. The highest BCUT2D eigenvalue weighted by Gasteiger charge is 2.32. The van der Waals surface area contributed by atoms with Crippen molar-refractivity contribution >= 4 is 35.1 Å². The number of nitrogens with zero attached hydrogens (tertiary/aromatic N) is 2. The highest BCUT2D eigenvalue weighted by molar-refractivity contribution is 6.21. The van der Waals surface area contributed by atoms with E-state index in [1.54, 1.807) is 0 Å². The molecule has 0 unspecified atom stereocenters.